The molecule has 2 bridgehead atoms. The number of nitrogens with one attached hydrogen (secondary N) is 2. The summed E-state index contributed by atoms with van der Waals surface area (Å²) in [5.41, 5.74) is 1.49. The molecule has 152 valence electrons. The number of amides is 2. The number of aryl methyl sites for hydroxylation is 1. The van der Waals surface area contributed by atoms with Crippen molar-refractivity contribution < 1.29 is 18.7 Å². The molecule has 3 saturated heterocycles. The largest absolute Gasteiger partial charge is 0.369 e. The minimum atomic E-state index is -0.367. The molecule has 2 aromatic rings. The number of hydrogen-bond donors (Lipinski definition) is 2. The molecule has 7 nitrogen and oxygen atoms in total. The molecular formula is C21H23FN4O3. The van der Waals surface area contributed by atoms with E-state index in [1.54, 1.807) is 6.20 Å². The van der Waals surface area contributed by atoms with E-state index in [0.717, 1.165) is 18.5 Å². The second-order valence-corrected chi connectivity index (χ2v) is 8.34. The first-order valence-corrected chi connectivity index (χ1v) is 9.98. The molecule has 4 heterocycles. The Labute approximate surface area is 167 Å². The molecule has 0 unspecified atom stereocenters. The molecule has 0 aliphatic carbocycles. The summed E-state index contributed by atoms with van der Waals surface area (Å²) in [7, 11) is 0. The lowest BCUT2D eigenvalue weighted by Gasteiger charge is -2.29. The lowest BCUT2D eigenvalue weighted by molar-refractivity contribution is 0.00316. The fraction of sp³-hybridized carbons (Fsp3) is 0.476. The van der Waals surface area contributed by atoms with Gasteiger partial charge in [-0.2, -0.15) is 5.10 Å². The first kappa shape index (κ1) is 18.3. The van der Waals surface area contributed by atoms with Crippen LogP contribution in [0.2, 0.25) is 0 Å². The normalized spacial score (nSPS) is 29.9. The number of fused-ring (bicyclic) bond motifs is 1. The molecule has 2 amide bonds. The van der Waals surface area contributed by atoms with Crippen LogP contribution in [0.25, 0.3) is 0 Å². The summed E-state index contributed by atoms with van der Waals surface area (Å²) in [6, 6.07) is 5.52. The van der Waals surface area contributed by atoms with Gasteiger partial charge in [-0.3, -0.25) is 14.7 Å². The zero-order valence-corrected chi connectivity index (χ0v) is 16.2. The van der Waals surface area contributed by atoms with Crippen molar-refractivity contribution in [1.29, 1.82) is 0 Å². The van der Waals surface area contributed by atoms with Gasteiger partial charge in [-0.25, -0.2) is 4.39 Å². The molecular weight excluding hydrogens is 375 g/mol. The first-order valence-electron chi connectivity index (χ1n) is 9.98. The van der Waals surface area contributed by atoms with Gasteiger partial charge in [0, 0.05) is 36.2 Å². The quantitative estimate of drug-likeness (QED) is 0.824. The van der Waals surface area contributed by atoms with Crippen LogP contribution < -0.4 is 5.32 Å². The Morgan fingerprint density at radius 3 is 2.90 bits per heavy atom. The van der Waals surface area contributed by atoms with E-state index < -0.39 is 0 Å². The number of aromatic amines is 1. The maximum Gasteiger partial charge on any atom is 0.257 e. The summed E-state index contributed by atoms with van der Waals surface area (Å²) in [5, 5.41) is 9.75. The number of nitrogens with zero attached hydrogens (tertiary/aromatic N) is 2. The lowest BCUT2D eigenvalue weighted by atomic mass is 9.73. The number of carbonyl (C=O) groups excluding carboxylic acids is 2. The number of halogens is 1. The maximum absolute atomic E-state index is 13.1. The molecule has 1 spiro atoms. The number of hydrogen-bond acceptors (Lipinski definition) is 4. The van der Waals surface area contributed by atoms with Crippen LogP contribution in [0.3, 0.4) is 0 Å². The van der Waals surface area contributed by atoms with Gasteiger partial charge in [0.1, 0.15) is 5.82 Å². The highest BCUT2D eigenvalue weighted by molar-refractivity contribution is 5.95. The highest BCUT2D eigenvalue weighted by Gasteiger charge is 2.63. The van der Waals surface area contributed by atoms with E-state index in [1.165, 1.54) is 24.3 Å². The molecule has 3 aliphatic rings. The highest BCUT2D eigenvalue weighted by atomic mass is 19.1. The van der Waals surface area contributed by atoms with Gasteiger partial charge >= 0.3 is 0 Å². The van der Waals surface area contributed by atoms with Crippen LogP contribution in [0.5, 0.6) is 0 Å². The average molecular weight is 398 g/mol. The molecule has 29 heavy (non-hydrogen) atoms. The van der Waals surface area contributed by atoms with Crippen molar-refractivity contribution in [3.05, 3.63) is 53.1 Å². The Morgan fingerprint density at radius 2 is 2.17 bits per heavy atom. The topological polar surface area (TPSA) is 87.3 Å². The zero-order chi connectivity index (χ0) is 20.2. The molecule has 2 N–H and O–H groups in total. The monoisotopic (exact) mass is 398 g/mol. The predicted molar refractivity (Wildman–Crippen MR) is 102 cm³/mol. The lowest BCUT2D eigenvalue weighted by Crippen LogP contribution is -2.41. The molecule has 8 heteroatoms. The SMILES string of the molecule is Cc1[nH]ncc1C(=O)N1C[C@@H]2[C@H](CNC(=O)c3ccc(F)cc3)[C@H]3CC[C@]2(C1)O3. The van der Waals surface area contributed by atoms with Gasteiger partial charge in [0.25, 0.3) is 11.8 Å². The van der Waals surface area contributed by atoms with Gasteiger partial charge in [0.15, 0.2) is 0 Å². The van der Waals surface area contributed by atoms with Gasteiger partial charge in [-0.1, -0.05) is 0 Å². The van der Waals surface area contributed by atoms with Crippen LogP contribution >= 0.6 is 0 Å². The second kappa shape index (κ2) is 6.66. The zero-order valence-electron chi connectivity index (χ0n) is 16.2. The number of likely N-dealkylation sites (tertiary alicyclic amines) is 1. The number of rotatable bonds is 4. The van der Waals surface area contributed by atoms with Gasteiger partial charge < -0.3 is 15.0 Å². The van der Waals surface area contributed by atoms with Crippen LogP contribution in [0.4, 0.5) is 4.39 Å². The molecule has 1 aromatic carbocycles. The van der Waals surface area contributed by atoms with E-state index in [-0.39, 0.29) is 41.2 Å². The summed E-state index contributed by atoms with van der Waals surface area (Å²) < 4.78 is 19.4. The van der Waals surface area contributed by atoms with Gasteiger partial charge in [0.05, 0.1) is 30.0 Å². The van der Waals surface area contributed by atoms with E-state index >= 15 is 0 Å². The number of ether oxygens (including phenoxy) is 1. The molecule has 0 saturated carbocycles. The smallest absolute Gasteiger partial charge is 0.257 e. The fourth-order valence-electron chi connectivity index (χ4n) is 5.27. The van der Waals surface area contributed by atoms with E-state index in [4.69, 9.17) is 4.74 Å². The fourth-order valence-corrected chi connectivity index (χ4v) is 5.27. The third-order valence-corrected chi connectivity index (χ3v) is 6.74. The van der Waals surface area contributed by atoms with E-state index in [9.17, 15) is 14.0 Å². The molecule has 5 rings (SSSR count). The Kier molecular flexibility index (Phi) is 4.20. The number of H-pyrrole nitrogens is 1. The van der Waals surface area contributed by atoms with Gasteiger partial charge in [0.2, 0.25) is 0 Å². The molecule has 0 radical (unpaired) electrons. The van der Waals surface area contributed by atoms with Crippen molar-refractivity contribution in [2.45, 2.75) is 31.5 Å². The Hall–Kier alpha value is -2.74. The molecule has 4 atom stereocenters. The minimum absolute atomic E-state index is 0.0267. The third-order valence-electron chi connectivity index (χ3n) is 6.74. The van der Waals surface area contributed by atoms with Gasteiger partial charge in [-0.05, 0) is 44.0 Å². The average Bonchev–Trinajstić information content (AvgIpc) is 3.46. The van der Waals surface area contributed by atoms with Crippen molar-refractivity contribution >= 4 is 11.8 Å². The van der Waals surface area contributed by atoms with Crippen molar-refractivity contribution in [1.82, 2.24) is 20.4 Å². The van der Waals surface area contributed by atoms with Crippen LogP contribution in [0.1, 0.15) is 39.3 Å². The van der Waals surface area contributed by atoms with Crippen LogP contribution in [-0.4, -0.2) is 58.3 Å². The van der Waals surface area contributed by atoms with Crippen molar-refractivity contribution in [3.63, 3.8) is 0 Å². The van der Waals surface area contributed by atoms with E-state index in [1.807, 2.05) is 11.8 Å². The van der Waals surface area contributed by atoms with Crippen LogP contribution in [0, 0.1) is 24.6 Å². The third kappa shape index (κ3) is 2.93. The van der Waals surface area contributed by atoms with E-state index in [0.29, 0.717) is 30.8 Å². The van der Waals surface area contributed by atoms with Crippen molar-refractivity contribution in [3.8, 4) is 0 Å². The van der Waals surface area contributed by atoms with Crippen molar-refractivity contribution in [2.75, 3.05) is 19.6 Å². The molecule has 3 aliphatic heterocycles. The summed E-state index contributed by atoms with van der Waals surface area (Å²) >= 11 is 0. The Bertz CT molecular complexity index is 959. The summed E-state index contributed by atoms with van der Waals surface area (Å²) in [4.78, 5) is 27.2. The van der Waals surface area contributed by atoms with Gasteiger partial charge in [-0.15, -0.1) is 0 Å². The first-order chi connectivity index (χ1) is 14.0. The standard InChI is InChI=1S/C21H23FN4O3/c1-12-15(9-24-25-12)20(28)26-10-17-16(18-6-7-21(17,11-26)29-18)8-23-19(27)13-2-4-14(22)5-3-13/h2-5,9,16-18H,6-8,10-11H2,1H3,(H,23,27)(H,24,25)/t16-,17+,18+,21+/m0/s1. The summed E-state index contributed by atoms with van der Waals surface area (Å²) in [5.74, 6) is -0.251. The predicted octanol–water partition coefficient (Wildman–Crippen LogP) is 1.91. The minimum Gasteiger partial charge on any atom is -0.369 e. The van der Waals surface area contributed by atoms with Crippen LogP contribution in [-0.2, 0) is 4.74 Å². The summed E-state index contributed by atoms with van der Waals surface area (Å²) in [6.45, 7) is 3.53. The number of aromatic nitrogens is 2. The molecule has 1 aromatic heterocycles. The molecule has 3 fully saturated rings. The van der Waals surface area contributed by atoms with E-state index in [2.05, 4.69) is 15.5 Å². The van der Waals surface area contributed by atoms with Crippen molar-refractivity contribution in [2.24, 2.45) is 11.8 Å². The second-order valence-electron chi connectivity index (χ2n) is 8.34. The summed E-state index contributed by atoms with van der Waals surface area (Å²) in [6.07, 6.45) is 3.57. The number of carbonyl (C=O) groups is 2. The Morgan fingerprint density at radius 1 is 1.38 bits per heavy atom. The number of benzene rings is 1. The Balaban J connectivity index is 1.28. The highest BCUT2D eigenvalue weighted by Crippen LogP contribution is 2.54. The van der Waals surface area contributed by atoms with Crippen LogP contribution in [0.15, 0.2) is 30.5 Å². The maximum atomic E-state index is 13.1.